The van der Waals surface area contributed by atoms with Crippen molar-refractivity contribution in [1.82, 2.24) is 0 Å². The number of phosphoric ester groups is 1. The van der Waals surface area contributed by atoms with Crippen molar-refractivity contribution in [2.75, 3.05) is 54.1 Å². The molecule has 52 heavy (non-hydrogen) atoms. The summed E-state index contributed by atoms with van der Waals surface area (Å²) in [4.78, 5) is 22.8. The summed E-state index contributed by atoms with van der Waals surface area (Å²) in [6.45, 7) is 5.29. The molecule has 0 heterocycles. The predicted octanol–water partition coefficient (Wildman–Crippen LogP) is 11.5. The van der Waals surface area contributed by atoms with E-state index in [2.05, 4.69) is 86.8 Å². The van der Waals surface area contributed by atoms with Gasteiger partial charge in [0.1, 0.15) is 19.3 Å². The first-order valence-corrected chi connectivity index (χ1v) is 21.7. The monoisotopic (exact) mass is 751 g/mol. The van der Waals surface area contributed by atoms with Gasteiger partial charge in [0.2, 0.25) is 0 Å². The molecular weight excluding hydrogens is 673 g/mol. The summed E-state index contributed by atoms with van der Waals surface area (Å²) in [6.07, 6.45) is 45.2. The third-order valence-electron chi connectivity index (χ3n) is 8.00. The van der Waals surface area contributed by atoms with Gasteiger partial charge in [0.05, 0.1) is 34.4 Å². The number of carbonyl (C=O) groups is 1. The summed E-state index contributed by atoms with van der Waals surface area (Å²) >= 11 is 0. The maximum Gasteiger partial charge on any atom is 0.472 e. The highest BCUT2D eigenvalue weighted by Gasteiger charge is 2.26. The van der Waals surface area contributed by atoms with E-state index in [0.717, 1.165) is 83.5 Å². The number of likely N-dealkylation sites (N-methyl/N-ethyl adjacent to an activating group) is 1. The number of ether oxygens (including phenoxy) is 2. The molecule has 2 unspecified atom stereocenters. The van der Waals surface area contributed by atoms with Crippen molar-refractivity contribution in [1.29, 1.82) is 0 Å². The molecule has 9 heteroatoms. The van der Waals surface area contributed by atoms with E-state index >= 15 is 0 Å². The van der Waals surface area contributed by atoms with Crippen LogP contribution in [0.2, 0.25) is 0 Å². The Hall–Kier alpha value is -2.06. The lowest BCUT2D eigenvalue weighted by atomic mass is 10.1. The first kappa shape index (κ1) is 49.9. The van der Waals surface area contributed by atoms with Gasteiger partial charge in [-0.2, -0.15) is 0 Å². The van der Waals surface area contributed by atoms with E-state index in [9.17, 15) is 14.3 Å². The summed E-state index contributed by atoms with van der Waals surface area (Å²) in [7, 11) is 1.61. The maximum atomic E-state index is 12.6. The lowest BCUT2D eigenvalue weighted by molar-refractivity contribution is -0.870. The Morgan fingerprint density at radius 2 is 1.12 bits per heavy atom. The standard InChI is InChI=1S/C43H76NO7P/c1-6-8-10-12-14-16-18-20-22-23-24-26-28-30-32-34-36-43(45)51-42(41-50-52(46,47)49-39-37-44(3,4)5)40-48-38-35-33-31-29-27-25-21-19-17-15-13-11-9-7-2/h9,11,15-18,21-23,25,29,31,42H,6-8,10,12-14,19-20,24,26-28,30,32-41H2,1-5H3/p+1/b11-9-,17-15-,18-16-,23-22-,25-21-,31-29-. The minimum absolute atomic E-state index is 0.0718. The van der Waals surface area contributed by atoms with Crippen LogP contribution in [0, 0.1) is 0 Å². The van der Waals surface area contributed by atoms with Gasteiger partial charge in [-0.05, 0) is 77.0 Å². The number of phosphoric acid groups is 1. The molecule has 0 aliphatic carbocycles. The average Bonchev–Trinajstić information content (AvgIpc) is 3.09. The van der Waals surface area contributed by atoms with Crippen LogP contribution in [-0.2, 0) is 27.9 Å². The molecule has 0 aromatic rings. The van der Waals surface area contributed by atoms with E-state index in [0.29, 0.717) is 24.1 Å². The van der Waals surface area contributed by atoms with Crippen LogP contribution >= 0.6 is 7.82 Å². The molecule has 0 bridgehead atoms. The normalized spacial score (nSPS) is 14.7. The van der Waals surface area contributed by atoms with Crippen molar-refractivity contribution in [2.45, 2.75) is 142 Å². The third kappa shape index (κ3) is 39.2. The molecular formula is C43H77NO7P+. The summed E-state index contributed by atoms with van der Waals surface area (Å²) in [5.74, 6) is -0.350. The second kappa shape index (κ2) is 35.9. The van der Waals surface area contributed by atoms with Gasteiger partial charge in [-0.25, -0.2) is 4.57 Å². The Morgan fingerprint density at radius 1 is 0.615 bits per heavy atom. The number of hydrogen-bond acceptors (Lipinski definition) is 6. The quantitative estimate of drug-likeness (QED) is 0.0224. The van der Waals surface area contributed by atoms with E-state index < -0.39 is 13.9 Å². The number of hydrogen-bond donors (Lipinski definition) is 1. The third-order valence-corrected chi connectivity index (χ3v) is 8.99. The van der Waals surface area contributed by atoms with Crippen molar-refractivity contribution in [3.05, 3.63) is 72.9 Å². The van der Waals surface area contributed by atoms with Crippen LogP contribution in [0.25, 0.3) is 0 Å². The van der Waals surface area contributed by atoms with Crippen LogP contribution in [0.3, 0.4) is 0 Å². The number of nitrogens with zero attached hydrogens (tertiary/aromatic N) is 1. The molecule has 8 nitrogen and oxygen atoms in total. The Balaban J connectivity index is 4.41. The second-order valence-corrected chi connectivity index (χ2v) is 15.7. The summed E-state index contributed by atoms with van der Waals surface area (Å²) in [5.41, 5.74) is 0. The van der Waals surface area contributed by atoms with Crippen molar-refractivity contribution >= 4 is 13.8 Å². The maximum absolute atomic E-state index is 12.6. The smallest absolute Gasteiger partial charge is 0.457 e. The molecule has 2 atom stereocenters. The van der Waals surface area contributed by atoms with Gasteiger partial charge in [0.25, 0.3) is 0 Å². The fourth-order valence-corrected chi connectivity index (χ4v) is 5.62. The lowest BCUT2D eigenvalue weighted by Gasteiger charge is -2.24. The number of rotatable bonds is 36. The van der Waals surface area contributed by atoms with Gasteiger partial charge in [-0.3, -0.25) is 13.8 Å². The zero-order chi connectivity index (χ0) is 38.4. The summed E-state index contributed by atoms with van der Waals surface area (Å²) in [6, 6.07) is 0. The SMILES string of the molecule is CC/C=C\C/C=C\C/C=C\C/C=C\CCCOCC(COP(=O)(O)OCC[N+](C)(C)C)OC(=O)CCCCCCC/C=C\C/C=C\CCCCCC. The van der Waals surface area contributed by atoms with Gasteiger partial charge in [0, 0.05) is 13.0 Å². The van der Waals surface area contributed by atoms with E-state index in [4.69, 9.17) is 18.5 Å². The molecule has 0 fully saturated rings. The van der Waals surface area contributed by atoms with Crippen LogP contribution < -0.4 is 0 Å². The molecule has 0 saturated heterocycles. The van der Waals surface area contributed by atoms with Crippen molar-refractivity contribution < 1.29 is 37.3 Å². The Labute approximate surface area is 319 Å². The number of unbranched alkanes of at least 4 members (excludes halogenated alkanes) is 10. The zero-order valence-corrected chi connectivity index (χ0v) is 34.7. The molecule has 0 spiro atoms. The number of carbonyl (C=O) groups excluding carboxylic acids is 1. The van der Waals surface area contributed by atoms with E-state index in [1.165, 1.54) is 32.1 Å². The molecule has 0 rings (SSSR count). The van der Waals surface area contributed by atoms with Crippen molar-refractivity contribution in [2.24, 2.45) is 0 Å². The van der Waals surface area contributed by atoms with Crippen LogP contribution in [0.5, 0.6) is 0 Å². The average molecular weight is 751 g/mol. The van der Waals surface area contributed by atoms with Gasteiger partial charge in [0.15, 0.2) is 0 Å². The number of quaternary nitrogens is 1. The first-order chi connectivity index (χ1) is 25.1. The Morgan fingerprint density at radius 3 is 1.67 bits per heavy atom. The highest BCUT2D eigenvalue weighted by Crippen LogP contribution is 2.43. The van der Waals surface area contributed by atoms with Gasteiger partial charge < -0.3 is 18.9 Å². The van der Waals surface area contributed by atoms with Crippen LogP contribution in [0.15, 0.2) is 72.9 Å². The van der Waals surface area contributed by atoms with Crippen LogP contribution in [-0.4, -0.2) is 75.6 Å². The number of esters is 1. The van der Waals surface area contributed by atoms with Gasteiger partial charge in [-0.1, -0.05) is 125 Å². The number of allylic oxidation sites excluding steroid dienone is 12. The van der Waals surface area contributed by atoms with Crippen molar-refractivity contribution in [3.63, 3.8) is 0 Å². The summed E-state index contributed by atoms with van der Waals surface area (Å²) in [5, 5.41) is 0. The van der Waals surface area contributed by atoms with Crippen LogP contribution in [0.1, 0.15) is 136 Å². The topological polar surface area (TPSA) is 91.3 Å². The predicted molar refractivity (Wildman–Crippen MR) is 219 cm³/mol. The minimum atomic E-state index is -4.29. The molecule has 1 N–H and O–H groups in total. The molecule has 0 amide bonds. The van der Waals surface area contributed by atoms with Gasteiger partial charge >= 0.3 is 13.8 Å². The first-order valence-electron chi connectivity index (χ1n) is 20.2. The fourth-order valence-electron chi connectivity index (χ4n) is 4.88. The van der Waals surface area contributed by atoms with Gasteiger partial charge in [-0.15, -0.1) is 0 Å². The summed E-state index contributed by atoms with van der Waals surface area (Å²) < 4.78 is 34.8. The Kier molecular flexibility index (Phi) is 34.5. The van der Waals surface area contributed by atoms with E-state index in [-0.39, 0.29) is 25.8 Å². The molecule has 0 aliphatic heterocycles. The largest absolute Gasteiger partial charge is 0.472 e. The second-order valence-electron chi connectivity index (χ2n) is 14.3. The van der Waals surface area contributed by atoms with E-state index in [1.54, 1.807) is 0 Å². The van der Waals surface area contributed by atoms with Crippen molar-refractivity contribution in [3.8, 4) is 0 Å². The molecule has 0 radical (unpaired) electrons. The molecule has 0 saturated carbocycles. The Bertz CT molecular complexity index is 1060. The molecule has 0 aromatic heterocycles. The molecule has 300 valence electrons. The minimum Gasteiger partial charge on any atom is -0.457 e. The van der Waals surface area contributed by atoms with E-state index in [1.807, 2.05) is 21.1 Å². The highest BCUT2D eigenvalue weighted by molar-refractivity contribution is 7.47. The zero-order valence-electron chi connectivity index (χ0n) is 33.8. The van der Waals surface area contributed by atoms with Crippen LogP contribution in [0.4, 0.5) is 0 Å². The fraction of sp³-hybridized carbons (Fsp3) is 0.698. The lowest BCUT2D eigenvalue weighted by Crippen LogP contribution is -2.37. The molecule has 0 aromatic carbocycles. The molecule has 0 aliphatic rings. The highest BCUT2D eigenvalue weighted by atomic mass is 31.2.